The van der Waals surface area contributed by atoms with Crippen LogP contribution in [0.4, 0.5) is 0 Å². The van der Waals surface area contributed by atoms with Crippen LogP contribution in [0.5, 0.6) is 0 Å². The molecule has 0 spiro atoms. The number of nitrogens with one attached hydrogen (secondary N) is 2. The maximum Gasteiger partial charge on any atom is 0.191 e. The molecule has 3 atom stereocenters. The molecule has 1 fully saturated rings. The van der Waals surface area contributed by atoms with Crippen LogP contribution < -0.4 is 10.6 Å². The van der Waals surface area contributed by atoms with Gasteiger partial charge in [-0.2, -0.15) is 0 Å². The molecule has 0 aromatic carbocycles. The Kier molecular flexibility index (Phi) is 7.12. The molecule has 1 aliphatic rings. The quantitative estimate of drug-likeness (QED) is 0.534. The molecule has 1 aromatic heterocycles. The van der Waals surface area contributed by atoms with Gasteiger partial charge in [0, 0.05) is 25.6 Å². The number of furan rings is 1. The summed E-state index contributed by atoms with van der Waals surface area (Å²) in [5, 5.41) is 17.3. The van der Waals surface area contributed by atoms with Gasteiger partial charge < -0.3 is 24.9 Å². The molecular weight excluding hydrogens is 330 g/mol. The van der Waals surface area contributed by atoms with Gasteiger partial charge in [0.05, 0.1) is 18.9 Å². The van der Waals surface area contributed by atoms with E-state index in [1.807, 2.05) is 6.92 Å². The SMILES string of the molecule is CCNC(=NCC(C)(O)c1ccco1)NCC1CCCOC1C(C)(C)C. The van der Waals surface area contributed by atoms with Crippen molar-refractivity contribution in [3.05, 3.63) is 24.2 Å². The topological polar surface area (TPSA) is 79.0 Å². The lowest BCUT2D eigenvalue weighted by Gasteiger charge is -2.40. The Bertz CT molecular complexity index is 561. The van der Waals surface area contributed by atoms with Crippen molar-refractivity contribution in [3.8, 4) is 0 Å². The first kappa shape index (κ1) is 20.8. The molecule has 1 aliphatic heterocycles. The smallest absolute Gasteiger partial charge is 0.191 e. The zero-order valence-electron chi connectivity index (χ0n) is 16.8. The van der Waals surface area contributed by atoms with Crippen molar-refractivity contribution in [3.63, 3.8) is 0 Å². The fraction of sp³-hybridized carbons (Fsp3) is 0.750. The Hall–Kier alpha value is -1.53. The van der Waals surface area contributed by atoms with Gasteiger partial charge in [-0.25, -0.2) is 4.99 Å². The van der Waals surface area contributed by atoms with Crippen LogP contribution in [0.2, 0.25) is 0 Å². The van der Waals surface area contributed by atoms with Crippen LogP contribution in [-0.2, 0) is 10.3 Å². The number of ether oxygens (including phenoxy) is 1. The van der Waals surface area contributed by atoms with Crippen LogP contribution in [0.1, 0.15) is 53.2 Å². The van der Waals surface area contributed by atoms with Gasteiger partial charge in [0.2, 0.25) is 0 Å². The number of guanidine groups is 1. The summed E-state index contributed by atoms with van der Waals surface area (Å²) < 4.78 is 11.4. The standard InChI is InChI=1S/C20H35N3O3/c1-6-21-18(23-14-20(5,24)16-10-8-11-25-16)22-13-15-9-7-12-26-17(15)19(2,3)4/h8,10-11,15,17,24H,6-7,9,12-14H2,1-5H3,(H2,21,22,23). The zero-order valence-corrected chi connectivity index (χ0v) is 16.8. The first-order chi connectivity index (χ1) is 12.2. The third-order valence-electron chi connectivity index (χ3n) is 4.77. The van der Waals surface area contributed by atoms with Gasteiger partial charge in [0.25, 0.3) is 0 Å². The zero-order chi connectivity index (χ0) is 19.2. The van der Waals surface area contributed by atoms with Gasteiger partial charge in [0.1, 0.15) is 11.4 Å². The second-order valence-corrected chi connectivity index (χ2v) is 8.39. The molecule has 2 heterocycles. The summed E-state index contributed by atoms with van der Waals surface area (Å²) in [6.45, 7) is 13.1. The third-order valence-corrected chi connectivity index (χ3v) is 4.77. The van der Waals surface area contributed by atoms with Gasteiger partial charge in [-0.15, -0.1) is 0 Å². The van der Waals surface area contributed by atoms with Crippen LogP contribution in [0.25, 0.3) is 0 Å². The van der Waals surface area contributed by atoms with E-state index in [1.165, 1.54) is 0 Å². The Morgan fingerprint density at radius 3 is 2.69 bits per heavy atom. The maximum atomic E-state index is 10.6. The van der Waals surface area contributed by atoms with Crippen molar-refractivity contribution in [2.24, 2.45) is 16.3 Å². The van der Waals surface area contributed by atoms with Gasteiger partial charge in [0.15, 0.2) is 5.96 Å². The van der Waals surface area contributed by atoms with Crippen molar-refractivity contribution < 1.29 is 14.3 Å². The second kappa shape index (κ2) is 8.91. The second-order valence-electron chi connectivity index (χ2n) is 8.39. The predicted molar refractivity (Wildman–Crippen MR) is 104 cm³/mol. The van der Waals surface area contributed by atoms with Crippen molar-refractivity contribution in [2.45, 2.75) is 59.2 Å². The van der Waals surface area contributed by atoms with Gasteiger partial charge in [-0.3, -0.25) is 0 Å². The molecule has 0 radical (unpaired) electrons. The minimum atomic E-state index is -1.13. The molecule has 148 valence electrons. The molecule has 2 rings (SSSR count). The van der Waals surface area contributed by atoms with E-state index in [1.54, 1.807) is 25.3 Å². The average molecular weight is 366 g/mol. The molecule has 0 amide bonds. The van der Waals surface area contributed by atoms with E-state index in [0.717, 1.165) is 32.5 Å². The molecule has 0 aliphatic carbocycles. The Morgan fingerprint density at radius 1 is 1.31 bits per heavy atom. The van der Waals surface area contributed by atoms with Gasteiger partial charge in [-0.05, 0) is 44.2 Å². The Morgan fingerprint density at radius 2 is 2.08 bits per heavy atom. The molecule has 6 nitrogen and oxygen atoms in total. The van der Waals surface area contributed by atoms with Crippen LogP contribution in [0, 0.1) is 11.3 Å². The summed E-state index contributed by atoms with van der Waals surface area (Å²) in [5.41, 5.74) is -1.01. The normalized spacial score (nSPS) is 24.2. The summed E-state index contributed by atoms with van der Waals surface area (Å²) in [6, 6.07) is 3.54. The van der Waals surface area contributed by atoms with Gasteiger partial charge >= 0.3 is 0 Å². The summed E-state index contributed by atoms with van der Waals surface area (Å²) in [7, 11) is 0. The molecule has 26 heavy (non-hydrogen) atoms. The monoisotopic (exact) mass is 365 g/mol. The largest absolute Gasteiger partial charge is 0.466 e. The van der Waals surface area contributed by atoms with Crippen LogP contribution in [0.3, 0.4) is 0 Å². The number of nitrogens with zero attached hydrogens (tertiary/aromatic N) is 1. The number of aliphatic imine (C=N–C) groups is 1. The molecule has 6 heteroatoms. The van der Waals surface area contributed by atoms with Crippen molar-refractivity contribution in [1.29, 1.82) is 0 Å². The number of rotatable bonds is 6. The Labute approximate surface area is 157 Å². The predicted octanol–water partition coefficient (Wildman–Crippen LogP) is 2.88. The van der Waals surface area contributed by atoms with E-state index in [-0.39, 0.29) is 18.1 Å². The highest BCUT2D eigenvalue weighted by atomic mass is 16.5. The minimum absolute atomic E-state index is 0.116. The highest BCUT2D eigenvalue weighted by Crippen LogP contribution is 2.33. The van der Waals surface area contributed by atoms with E-state index in [0.29, 0.717) is 17.6 Å². The molecule has 3 N–H and O–H groups in total. The summed E-state index contributed by atoms with van der Waals surface area (Å²) >= 11 is 0. The summed E-state index contributed by atoms with van der Waals surface area (Å²) in [5.74, 6) is 1.67. The number of hydrogen-bond donors (Lipinski definition) is 3. The Balaban J connectivity index is 1.98. The van der Waals surface area contributed by atoms with E-state index >= 15 is 0 Å². The number of hydrogen-bond acceptors (Lipinski definition) is 4. The van der Waals surface area contributed by atoms with Gasteiger partial charge in [-0.1, -0.05) is 20.8 Å². The number of aliphatic hydroxyl groups is 1. The lowest BCUT2D eigenvalue weighted by Crippen LogP contribution is -2.47. The molecule has 1 saturated heterocycles. The fourth-order valence-corrected chi connectivity index (χ4v) is 3.47. The molecule has 0 bridgehead atoms. The third kappa shape index (κ3) is 5.74. The first-order valence-electron chi connectivity index (χ1n) is 9.64. The minimum Gasteiger partial charge on any atom is -0.466 e. The molecule has 3 unspecified atom stereocenters. The average Bonchev–Trinajstić information content (AvgIpc) is 3.12. The van der Waals surface area contributed by atoms with Crippen LogP contribution in [0.15, 0.2) is 27.8 Å². The maximum absolute atomic E-state index is 10.6. The van der Waals surface area contributed by atoms with Crippen molar-refractivity contribution in [1.82, 2.24) is 10.6 Å². The van der Waals surface area contributed by atoms with E-state index in [9.17, 15) is 5.11 Å². The van der Waals surface area contributed by atoms with Crippen molar-refractivity contribution in [2.75, 3.05) is 26.2 Å². The molecule has 0 saturated carbocycles. The van der Waals surface area contributed by atoms with Crippen molar-refractivity contribution >= 4 is 5.96 Å². The first-order valence-corrected chi connectivity index (χ1v) is 9.64. The lowest BCUT2D eigenvalue weighted by atomic mass is 9.78. The fourth-order valence-electron chi connectivity index (χ4n) is 3.47. The summed E-state index contributed by atoms with van der Waals surface area (Å²) in [6.07, 6.45) is 4.04. The lowest BCUT2D eigenvalue weighted by molar-refractivity contribution is -0.0835. The van der Waals surface area contributed by atoms with Crippen LogP contribution in [-0.4, -0.2) is 43.4 Å². The van der Waals surface area contributed by atoms with E-state index in [4.69, 9.17) is 9.15 Å². The summed E-state index contributed by atoms with van der Waals surface area (Å²) in [4.78, 5) is 4.56. The molecular formula is C20H35N3O3. The van der Waals surface area contributed by atoms with E-state index < -0.39 is 5.60 Å². The molecule has 1 aromatic rings. The highest BCUT2D eigenvalue weighted by Gasteiger charge is 2.35. The van der Waals surface area contributed by atoms with E-state index in [2.05, 4.69) is 36.4 Å². The van der Waals surface area contributed by atoms with Crippen LogP contribution >= 0.6 is 0 Å². The highest BCUT2D eigenvalue weighted by molar-refractivity contribution is 5.79.